The molecule has 1 amide bonds. The minimum absolute atomic E-state index is 0.144. The molecule has 0 aliphatic heterocycles. The monoisotopic (exact) mass is 313 g/mol. The second kappa shape index (κ2) is 6.34. The van der Waals surface area contributed by atoms with Crippen LogP contribution in [0.25, 0.3) is 5.69 Å². The fourth-order valence-electron chi connectivity index (χ4n) is 2.97. The predicted molar refractivity (Wildman–Crippen MR) is 84.3 cm³/mol. The maximum absolute atomic E-state index is 12.3. The van der Waals surface area contributed by atoms with Gasteiger partial charge < -0.3 is 10.4 Å². The van der Waals surface area contributed by atoms with Crippen LogP contribution in [0.1, 0.15) is 36.0 Å². The minimum atomic E-state index is -0.687. The van der Waals surface area contributed by atoms with Crippen LogP contribution in [0.3, 0.4) is 0 Å². The molecule has 1 aliphatic carbocycles. The van der Waals surface area contributed by atoms with Crippen molar-refractivity contribution in [3.63, 3.8) is 0 Å². The molecule has 120 valence electrons. The van der Waals surface area contributed by atoms with Gasteiger partial charge in [0.1, 0.15) is 0 Å². The normalized spacial score (nSPS) is 16.2. The van der Waals surface area contributed by atoms with Crippen LogP contribution in [0, 0.1) is 0 Å². The summed E-state index contributed by atoms with van der Waals surface area (Å²) in [5, 5.41) is 16.4. The van der Waals surface area contributed by atoms with Gasteiger partial charge in [0.05, 0.1) is 29.6 Å². The van der Waals surface area contributed by atoms with Crippen molar-refractivity contribution in [2.45, 2.75) is 31.2 Å². The third kappa shape index (κ3) is 3.17. The van der Waals surface area contributed by atoms with E-state index in [0.29, 0.717) is 12.8 Å². The van der Waals surface area contributed by atoms with E-state index in [-0.39, 0.29) is 12.2 Å². The maximum Gasteiger partial charge on any atom is 0.293 e. The van der Waals surface area contributed by atoms with E-state index < -0.39 is 17.2 Å². The first-order valence-electron chi connectivity index (χ1n) is 7.71. The van der Waals surface area contributed by atoms with Crippen molar-refractivity contribution in [2.75, 3.05) is 6.61 Å². The molecule has 0 atom stereocenters. The van der Waals surface area contributed by atoms with Gasteiger partial charge in [0.25, 0.3) is 11.7 Å². The summed E-state index contributed by atoms with van der Waals surface area (Å²) in [6, 6.07) is 9.36. The van der Waals surface area contributed by atoms with Gasteiger partial charge in [0, 0.05) is 6.20 Å². The van der Waals surface area contributed by atoms with E-state index in [1.807, 2.05) is 30.3 Å². The van der Waals surface area contributed by atoms with Crippen molar-refractivity contribution in [1.82, 2.24) is 15.1 Å². The van der Waals surface area contributed by atoms with Gasteiger partial charge in [0.15, 0.2) is 0 Å². The second-order valence-corrected chi connectivity index (χ2v) is 5.94. The molecule has 2 N–H and O–H groups in total. The Bertz CT molecular complexity index is 703. The van der Waals surface area contributed by atoms with Crippen LogP contribution in [0.2, 0.25) is 0 Å². The Balaban J connectivity index is 1.73. The summed E-state index contributed by atoms with van der Waals surface area (Å²) in [7, 11) is 0. The number of ketones is 1. The van der Waals surface area contributed by atoms with Crippen molar-refractivity contribution >= 4 is 11.7 Å². The molecule has 2 aromatic rings. The molecule has 1 aliphatic rings. The van der Waals surface area contributed by atoms with Crippen LogP contribution >= 0.6 is 0 Å². The summed E-state index contributed by atoms with van der Waals surface area (Å²) in [4.78, 5) is 24.5. The highest BCUT2D eigenvalue weighted by atomic mass is 16.3. The molecule has 0 bridgehead atoms. The lowest BCUT2D eigenvalue weighted by molar-refractivity contribution is -0.119. The SMILES string of the molecule is O=C(NC1(CO)CCCC1)C(=O)c1cnn(-c2ccccc2)c1. The quantitative estimate of drug-likeness (QED) is 0.647. The third-order valence-electron chi connectivity index (χ3n) is 4.31. The van der Waals surface area contributed by atoms with Crippen LogP contribution in [-0.2, 0) is 4.79 Å². The summed E-state index contributed by atoms with van der Waals surface area (Å²) in [6.45, 7) is -0.144. The highest BCUT2D eigenvalue weighted by molar-refractivity contribution is 6.42. The van der Waals surface area contributed by atoms with Crippen molar-refractivity contribution in [3.8, 4) is 5.69 Å². The van der Waals surface area contributed by atoms with E-state index in [9.17, 15) is 14.7 Å². The number of hydrogen-bond acceptors (Lipinski definition) is 4. The molecule has 0 saturated heterocycles. The number of benzene rings is 1. The molecule has 1 fully saturated rings. The van der Waals surface area contributed by atoms with Crippen LogP contribution in [0.4, 0.5) is 0 Å². The number of nitrogens with one attached hydrogen (secondary N) is 1. The van der Waals surface area contributed by atoms with Crippen LogP contribution in [-0.4, -0.2) is 38.7 Å². The summed E-state index contributed by atoms with van der Waals surface area (Å²) in [5.74, 6) is -1.32. The molecular formula is C17H19N3O3. The largest absolute Gasteiger partial charge is 0.394 e. The van der Waals surface area contributed by atoms with Crippen molar-refractivity contribution in [1.29, 1.82) is 0 Å². The molecule has 1 aromatic heterocycles. The number of amides is 1. The number of Topliss-reactive ketones (excluding diaryl/α,β-unsaturated/α-hetero) is 1. The van der Waals surface area contributed by atoms with Gasteiger partial charge in [-0.25, -0.2) is 4.68 Å². The highest BCUT2D eigenvalue weighted by Gasteiger charge is 2.36. The molecule has 0 radical (unpaired) electrons. The first-order valence-corrected chi connectivity index (χ1v) is 7.71. The summed E-state index contributed by atoms with van der Waals surface area (Å²) >= 11 is 0. The average Bonchev–Trinajstić information content (AvgIpc) is 3.25. The predicted octanol–water partition coefficient (Wildman–Crippen LogP) is 1.48. The summed E-state index contributed by atoms with van der Waals surface area (Å²) in [6.07, 6.45) is 6.21. The average molecular weight is 313 g/mol. The van der Waals surface area contributed by atoms with Crippen molar-refractivity contribution in [2.24, 2.45) is 0 Å². The number of rotatable bonds is 5. The number of aliphatic hydroxyl groups excluding tert-OH is 1. The Morgan fingerprint density at radius 1 is 1.22 bits per heavy atom. The van der Waals surface area contributed by atoms with Gasteiger partial charge in [-0.1, -0.05) is 31.0 Å². The van der Waals surface area contributed by atoms with Gasteiger partial charge in [-0.05, 0) is 25.0 Å². The van der Waals surface area contributed by atoms with E-state index in [2.05, 4.69) is 10.4 Å². The van der Waals surface area contributed by atoms with Gasteiger partial charge in [-0.2, -0.15) is 5.10 Å². The Morgan fingerprint density at radius 2 is 1.91 bits per heavy atom. The van der Waals surface area contributed by atoms with Crippen molar-refractivity contribution < 1.29 is 14.7 Å². The van der Waals surface area contributed by atoms with Crippen LogP contribution < -0.4 is 5.32 Å². The highest BCUT2D eigenvalue weighted by Crippen LogP contribution is 2.29. The lowest BCUT2D eigenvalue weighted by Gasteiger charge is -2.27. The zero-order chi connectivity index (χ0) is 16.3. The zero-order valence-electron chi connectivity index (χ0n) is 12.7. The van der Waals surface area contributed by atoms with Crippen LogP contribution in [0.5, 0.6) is 0 Å². The first-order chi connectivity index (χ1) is 11.1. The van der Waals surface area contributed by atoms with Gasteiger partial charge in [-0.3, -0.25) is 9.59 Å². The second-order valence-electron chi connectivity index (χ2n) is 5.94. The maximum atomic E-state index is 12.3. The van der Waals surface area contributed by atoms with Gasteiger partial charge >= 0.3 is 0 Å². The summed E-state index contributed by atoms with van der Waals surface area (Å²) in [5.41, 5.74) is 0.398. The molecule has 1 saturated carbocycles. The smallest absolute Gasteiger partial charge is 0.293 e. The van der Waals surface area contributed by atoms with E-state index in [1.54, 1.807) is 4.68 Å². The summed E-state index contributed by atoms with van der Waals surface area (Å²) < 4.78 is 1.55. The number of carbonyl (C=O) groups excluding carboxylic acids is 2. The van der Waals surface area contributed by atoms with Crippen molar-refractivity contribution in [3.05, 3.63) is 48.3 Å². The Kier molecular flexibility index (Phi) is 4.25. The van der Waals surface area contributed by atoms with Gasteiger partial charge in [0.2, 0.25) is 0 Å². The molecule has 3 rings (SSSR count). The molecule has 0 spiro atoms. The number of nitrogens with zero attached hydrogens (tertiary/aromatic N) is 2. The topological polar surface area (TPSA) is 84.2 Å². The third-order valence-corrected chi connectivity index (χ3v) is 4.31. The molecule has 1 heterocycles. The Hall–Kier alpha value is -2.47. The molecule has 1 aromatic carbocycles. The standard InChI is InChI=1S/C17H19N3O3/c21-12-17(8-4-5-9-17)19-16(23)15(22)13-10-18-20(11-13)14-6-2-1-3-7-14/h1-3,6-7,10-11,21H,4-5,8-9,12H2,(H,19,23). The fourth-order valence-corrected chi connectivity index (χ4v) is 2.97. The Morgan fingerprint density at radius 3 is 2.57 bits per heavy atom. The number of carbonyl (C=O) groups is 2. The Labute approximate surface area is 134 Å². The molecule has 6 nitrogen and oxygen atoms in total. The van der Waals surface area contributed by atoms with Gasteiger partial charge in [-0.15, -0.1) is 0 Å². The lowest BCUT2D eigenvalue weighted by Crippen LogP contribution is -2.51. The van der Waals surface area contributed by atoms with E-state index in [0.717, 1.165) is 18.5 Å². The first kappa shape index (κ1) is 15.4. The number of aliphatic hydroxyl groups is 1. The zero-order valence-corrected chi connectivity index (χ0v) is 12.7. The van der Waals surface area contributed by atoms with E-state index >= 15 is 0 Å². The number of aromatic nitrogens is 2. The minimum Gasteiger partial charge on any atom is -0.394 e. The van der Waals surface area contributed by atoms with E-state index in [1.165, 1.54) is 12.4 Å². The fraction of sp³-hybridized carbons (Fsp3) is 0.353. The molecule has 0 unspecified atom stereocenters. The molecular weight excluding hydrogens is 294 g/mol. The number of para-hydroxylation sites is 1. The lowest BCUT2D eigenvalue weighted by atomic mass is 9.98. The van der Waals surface area contributed by atoms with Crippen LogP contribution in [0.15, 0.2) is 42.7 Å². The molecule has 6 heteroatoms. The molecule has 23 heavy (non-hydrogen) atoms. The number of hydrogen-bond donors (Lipinski definition) is 2. The van der Waals surface area contributed by atoms with E-state index in [4.69, 9.17) is 0 Å².